The highest BCUT2D eigenvalue weighted by atomic mass is 16.5. The van der Waals surface area contributed by atoms with Gasteiger partial charge in [0.05, 0.1) is 11.7 Å². The molecule has 1 spiro atoms. The summed E-state index contributed by atoms with van der Waals surface area (Å²) in [6.45, 7) is 8.64. The highest BCUT2D eigenvalue weighted by molar-refractivity contribution is 5.20. The van der Waals surface area contributed by atoms with E-state index in [9.17, 15) is 0 Å². The lowest BCUT2D eigenvalue weighted by atomic mass is 9.68. The zero-order valence-corrected chi connectivity index (χ0v) is 11.1. The average molecular weight is 232 g/mol. The predicted molar refractivity (Wildman–Crippen MR) is 70.8 cm³/mol. The van der Waals surface area contributed by atoms with Crippen LogP contribution < -0.4 is 0 Å². The van der Waals surface area contributed by atoms with Crippen molar-refractivity contribution < 1.29 is 4.74 Å². The Morgan fingerprint density at radius 1 is 1.41 bits per heavy atom. The zero-order chi connectivity index (χ0) is 12.1. The van der Waals surface area contributed by atoms with Crippen molar-refractivity contribution in [2.75, 3.05) is 0 Å². The minimum Gasteiger partial charge on any atom is -0.371 e. The molecule has 3 rings (SSSR count). The van der Waals surface area contributed by atoms with Gasteiger partial charge in [0.25, 0.3) is 0 Å². The summed E-state index contributed by atoms with van der Waals surface area (Å²) in [6, 6.07) is 0. The maximum Gasteiger partial charge on any atom is 0.0808 e. The fourth-order valence-corrected chi connectivity index (χ4v) is 5.03. The van der Waals surface area contributed by atoms with Gasteiger partial charge in [-0.25, -0.2) is 0 Å². The number of ether oxygens (including phenoxy) is 1. The lowest BCUT2D eigenvalue weighted by molar-refractivity contribution is -0.0993. The van der Waals surface area contributed by atoms with Crippen LogP contribution in [-0.4, -0.2) is 11.7 Å². The molecule has 0 amide bonds. The molecule has 0 bridgehead atoms. The van der Waals surface area contributed by atoms with Gasteiger partial charge in [-0.15, -0.1) is 6.58 Å². The molecule has 5 atom stereocenters. The van der Waals surface area contributed by atoms with Gasteiger partial charge >= 0.3 is 0 Å². The molecule has 1 heteroatoms. The molecule has 17 heavy (non-hydrogen) atoms. The predicted octanol–water partition coefficient (Wildman–Crippen LogP) is 4.10. The Labute approximate surface area is 105 Å². The van der Waals surface area contributed by atoms with Crippen LogP contribution in [0.5, 0.6) is 0 Å². The molecule has 0 aromatic heterocycles. The fraction of sp³-hybridized carbons (Fsp3) is 0.750. The van der Waals surface area contributed by atoms with Crippen LogP contribution in [0.15, 0.2) is 24.8 Å². The SMILES string of the molecule is C=CC[C@@H]1C[C@]2(C)C[C@@H](C)O[C@@]23CC=CC[C@H]13. The topological polar surface area (TPSA) is 9.23 Å². The zero-order valence-electron chi connectivity index (χ0n) is 11.1. The first kappa shape index (κ1) is 11.5. The Balaban J connectivity index is 1.99. The van der Waals surface area contributed by atoms with E-state index in [1.54, 1.807) is 0 Å². The number of allylic oxidation sites excluding steroid dienone is 2. The Hall–Kier alpha value is -0.560. The largest absolute Gasteiger partial charge is 0.371 e. The van der Waals surface area contributed by atoms with E-state index in [2.05, 4.69) is 38.7 Å². The Morgan fingerprint density at radius 2 is 2.24 bits per heavy atom. The first-order valence-electron chi connectivity index (χ1n) is 7.05. The fourth-order valence-electron chi connectivity index (χ4n) is 5.03. The average Bonchev–Trinajstić information content (AvgIpc) is 2.62. The molecule has 1 heterocycles. The van der Waals surface area contributed by atoms with Crippen molar-refractivity contribution in [3.8, 4) is 0 Å². The molecule has 0 aromatic carbocycles. The Bertz CT molecular complexity index is 359. The Morgan fingerprint density at radius 3 is 3.00 bits per heavy atom. The van der Waals surface area contributed by atoms with Crippen LogP contribution in [0.1, 0.15) is 46.0 Å². The van der Waals surface area contributed by atoms with E-state index in [-0.39, 0.29) is 5.60 Å². The van der Waals surface area contributed by atoms with E-state index >= 15 is 0 Å². The molecule has 1 nitrogen and oxygen atoms in total. The van der Waals surface area contributed by atoms with E-state index in [0.717, 1.165) is 24.7 Å². The van der Waals surface area contributed by atoms with Crippen molar-refractivity contribution in [2.24, 2.45) is 17.3 Å². The summed E-state index contributed by atoms with van der Waals surface area (Å²) in [5.74, 6) is 1.51. The molecular formula is C16H24O. The minimum absolute atomic E-state index is 0.148. The summed E-state index contributed by atoms with van der Waals surface area (Å²) in [6.07, 6.45) is 13.3. The van der Waals surface area contributed by atoms with E-state index in [0.29, 0.717) is 11.5 Å². The van der Waals surface area contributed by atoms with Gasteiger partial charge in [-0.3, -0.25) is 0 Å². The van der Waals surface area contributed by atoms with Crippen molar-refractivity contribution in [1.29, 1.82) is 0 Å². The number of hydrogen-bond donors (Lipinski definition) is 0. The summed E-state index contributed by atoms with van der Waals surface area (Å²) in [7, 11) is 0. The van der Waals surface area contributed by atoms with E-state index in [1.165, 1.54) is 19.3 Å². The van der Waals surface area contributed by atoms with E-state index in [4.69, 9.17) is 4.74 Å². The second kappa shape index (κ2) is 3.71. The van der Waals surface area contributed by atoms with Gasteiger partial charge < -0.3 is 4.74 Å². The van der Waals surface area contributed by atoms with Crippen LogP contribution >= 0.6 is 0 Å². The summed E-state index contributed by atoms with van der Waals surface area (Å²) < 4.78 is 6.47. The third-order valence-electron chi connectivity index (χ3n) is 5.50. The van der Waals surface area contributed by atoms with Gasteiger partial charge in [0.2, 0.25) is 0 Å². The normalized spacial score (nSPS) is 52.2. The van der Waals surface area contributed by atoms with Gasteiger partial charge in [-0.1, -0.05) is 25.2 Å². The lowest BCUT2D eigenvalue weighted by Crippen LogP contribution is -2.45. The monoisotopic (exact) mass is 232 g/mol. The molecule has 2 aliphatic carbocycles. The number of rotatable bonds is 2. The third-order valence-corrected chi connectivity index (χ3v) is 5.50. The van der Waals surface area contributed by atoms with Gasteiger partial charge in [-0.05, 0) is 56.3 Å². The van der Waals surface area contributed by atoms with Crippen LogP contribution in [-0.2, 0) is 4.74 Å². The summed E-state index contributed by atoms with van der Waals surface area (Å²) >= 11 is 0. The molecule has 3 aliphatic rings. The van der Waals surface area contributed by atoms with Crippen LogP contribution in [0.3, 0.4) is 0 Å². The molecule has 1 saturated carbocycles. The quantitative estimate of drug-likeness (QED) is 0.651. The number of hydrogen-bond acceptors (Lipinski definition) is 1. The van der Waals surface area contributed by atoms with Crippen molar-refractivity contribution in [2.45, 2.75) is 57.7 Å². The standard InChI is InChI=1S/C16H24O/c1-4-7-13-11-15(3)10-12(2)17-16(15)9-6-5-8-14(13)16/h4-6,12-14H,1,7-11H2,2-3H3/t12-,13-,14-,15+,16-/m1/s1. The van der Waals surface area contributed by atoms with E-state index < -0.39 is 0 Å². The van der Waals surface area contributed by atoms with Gasteiger partial charge in [0.1, 0.15) is 0 Å². The van der Waals surface area contributed by atoms with Crippen molar-refractivity contribution in [1.82, 2.24) is 0 Å². The molecule has 1 aliphatic heterocycles. The highest BCUT2D eigenvalue weighted by Crippen LogP contribution is 2.65. The Kier molecular flexibility index (Phi) is 2.52. The van der Waals surface area contributed by atoms with Gasteiger partial charge in [-0.2, -0.15) is 0 Å². The molecule has 0 aromatic rings. The van der Waals surface area contributed by atoms with Crippen molar-refractivity contribution in [3.05, 3.63) is 24.8 Å². The summed E-state index contributed by atoms with van der Waals surface area (Å²) in [4.78, 5) is 0. The summed E-state index contributed by atoms with van der Waals surface area (Å²) in [5.41, 5.74) is 0.546. The molecule has 0 radical (unpaired) electrons. The van der Waals surface area contributed by atoms with Gasteiger partial charge in [0, 0.05) is 0 Å². The molecule has 0 unspecified atom stereocenters. The molecule has 0 N–H and O–H groups in total. The maximum atomic E-state index is 6.47. The second-order valence-electron chi connectivity index (χ2n) is 6.59. The maximum absolute atomic E-state index is 6.47. The minimum atomic E-state index is 0.148. The van der Waals surface area contributed by atoms with Crippen LogP contribution in [0.25, 0.3) is 0 Å². The second-order valence-corrected chi connectivity index (χ2v) is 6.59. The van der Waals surface area contributed by atoms with Crippen LogP contribution in [0.2, 0.25) is 0 Å². The molecule has 1 saturated heterocycles. The first-order chi connectivity index (χ1) is 8.11. The molecular weight excluding hydrogens is 208 g/mol. The van der Waals surface area contributed by atoms with Crippen molar-refractivity contribution in [3.63, 3.8) is 0 Å². The molecule has 94 valence electrons. The van der Waals surface area contributed by atoms with Gasteiger partial charge in [0.15, 0.2) is 0 Å². The third kappa shape index (κ3) is 1.41. The summed E-state index contributed by atoms with van der Waals surface area (Å²) in [5, 5.41) is 0. The molecule has 2 fully saturated rings. The van der Waals surface area contributed by atoms with Crippen molar-refractivity contribution >= 4 is 0 Å². The van der Waals surface area contributed by atoms with E-state index in [1.807, 2.05) is 0 Å². The van der Waals surface area contributed by atoms with Crippen LogP contribution in [0, 0.1) is 17.3 Å². The lowest BCUT2D eigenvalue weighted by Gasteiger charge is -2.42. The smallest absolute Gasteiger partial charge is 0.0808 e. The van der Waals surface area contributed by atoms with Crippen LogP contribution in [0.4, 0.5) is 0 Å². The first-order valence-corrected chi connectivity index (χ1v) is 7.05. The highest BCUT2D eigenvalue weighted by Gasteiger charge is 2.65.